The molecule has 0 atom stereocenters. The molecule has 1 N–H and O–H groups in total. The lowest BCUT2D eigenvalue weighted by atomic mass is 9.97. The van der Waals surface area contributed by atoms with Crippen LogP contribution in [0.2, 0.25) is 0 Å². The number of benzene rings is 2. The second kappa shape index (κ2) is 5.04. The van der Waals surface area contributed by atoms with Gasteiger partial charge in [0.1, 0.15) is 5.82 Å². The zero-order chi connectivity index (χ0) is 13.2. The van der Waals surface area contributed by atoms with Gasteiger partial charge in [-0.1, -0.05) is 24.3 Å². The Morgan fingerprint density at radius 3 is 2.74 bits per heavy atom. The van der Waals surface area contributed by atoms with E-state index in [2.05, 4.69) is 23.5 Å². The molecule has 2 aromatic carbocycles. The van der Waals surface area contributed by atoms with Crippen molar-refractivity contribution in [1.29, 1.82) is 0 Å². The highest BCUT2D eigenvalue weighted by Gasteiger charge is 2.09. The smallest absolute Gasteiger partial charge is 0.126 e. The molecule has 1 heterocycles. The zero-order valence-corrected chi connectivity index (χ0v) is 11.2. The van der Waals surface area contributed by atoms with E-state index in [0.717, 1.165) is 24.9 Å². The summed E-state index contributed by atoms with van der Waals surface area (Å²) in [4.78, 5) is 0. The number of anilines is 1. The zero-order valence-electron chi connectivity index (χ0n) is 11.2. The molecule has 0 aliphatic carbocycles. The van der Waals surface area contributed by atoms with Crippen molar-refractivity contribution in [3.63, 3.8) is 0 Å². The average Bonchev–Trinajstić information content (AvgIpc) is 2.43. The Labute approximate surface area is 113 Å². The minimum absolute atomic E-state index is 0.126. The van der Waals surface area contributed by atoms with E-state index in [-0.39, 0.29) is 5.82 Å². The number of rotatable bonds is 2. The fourth-order valence-electron chi connectivity index (χ4n) is 2.69. The molecule has 0 bridgehead atoms. The van der Waals surface area contributed by atoms with Crippen LogP contribution in [-0.4, -0.2) is 6.54 Å². The van der Waals surface area contributed by atoms with Crippen molar-refractivity contribution in [2.24, 2.45) is 0 Å². The van der Waals surface area contributed by atoms with Gasteiger partial charge in [0, 0.05) is 12.2 Å². The first-order chi connectivity index (χ1) is 9.22. The standard InChI is InChI=1S/C17H18FN/c1-12-9-13(4-6-16(12)18)10-14-5-7-17-15(11-14)3-2-8-19-17/h4-7,9,11,19H,2-3,8,10H2,1H3. The van der Waals surface area contributed by atoms with Crippen molar-refractivity contribution in [3.8, 4) is 0 Å². The van der Waals surface area contributed by atoms with Gasteiger partial charge in [-0.05, 0) is 60.6 Å². The van der Waals surface area contributed by atoms with E-state index in [0.29, 0.717) is 0 Å². The van der Waals surface area contributed by atoms with E-state index in [4.69, 9.17) is 0 Å². The molecule has 2 heteroatoms. The highest BCUT2D eigenvalue weighted by atomic mass is 19.1. The van der Waals surface area contributed by atoms with Gasteiger partial charge in [-0.25, -0.2) is 4.39 Å². The SMILES string of the molecule is Cc1cc(Cc2ccc3c(c2)CCCN3)ccc1F. The monoisotopic (exact) mass is 255 g/mol. The van der Waals surface area contributed by atoms with E-state index in [1.165, 1.54) is 28.8 Å². The number of fused-ring (bicyclic) bond motifs is 1. The Balaban J connectivity index is 1.84. The maximum Gasteiger partial charge on any atom is 0.126 e. The molecule has 98 valence electrons. The average molecular weight is 255 g/mol. The molecule has 0 aromatic heterocycles. The van der Waals surface area contributed by atoms with Crippen LogP contribution in [0, 0.1) is 12.7 Å². The molecule has 1 aliphatic heterocycles. The molecule has 1 aliphatic rings. The summed E-state index contributed by atoms with van der Waals surface area (Å²) in [7, 11) is 0. The van der Waals surface area contributed by atoms with Gasteiger partial charge in [-0.2, -0.15) is 0 Å². The molecule has 0 fully saturated rings. The summed E-state index contributed by atoms with van der Waals surface area (Å²) in [6.07, 6.45) is 3.22. The fourth-order valence-corrected chi connectivity index (χ4v) is 2.69. The van der Waals surface area contributed by atoms with Crippen molar-refractivity contribution in [1.82, 2.24) is 0 Å². The summed E-state index contributed by atoms with van der Waals surface area (Å²) in [5.41, 5.74) is 5.86. The van der Waals surface area contributed by atoms with Gasteiger partial charge in [0.25, 0.3) is 0 Å². The van der Waals surface area contributed by atoms with Crippen molar-refractivity contribution in [2.75, 3.05) is 11.9 Å². The molecular weight excluding hydrogens is 237 g/mol. The van der Waals surface area contributed by atoms with E-state index in [9.17, 15) is 4.39 Å². The van der Waals surface area contributed by atoms with Gasteiger partial charge in [0.2, 0.25) is 0 Å². The van der Waals surface area contributed by atoms with Crippen molar-refractivity contribution >= 4 is 5.69 Å². The molecule has 1 nitrogen and oxygen atoms in total. The van der Waals surface area contributed by atoms with Crippen LogP contribution >= 0.6 is 0 Å². The summed E-state index contributed by atoms with van der Waals surface area (Å²) < 4.78 is 13.3. The summed E-state index contributed by atoms with van der Waals surface area (Å²) in [5.74, 6) is -0.126. The fraction of sp³-hybridized carbons (Fsp3) is 0.294. The molecule has 0 saturated carbocycles. The molecule has 0 unspecified atom stereocenters. The number of hydrogen-bond donors (Lipinski definition) is 1. The topological polar surface area (TPSA) is 12.0 Å². The minimum atomic E-state index is -0.126. The van der Waals surface area contributed by atoms with Crippen LogP contribution in [0.3, 0.4) is 0 Å². The third-order valence-electron chi connectivity index (χ3n) is 3.74. The molecular formula is C17H18FN. The van der Waals surface area contributed by atoms with Gasteiger partial charge in [-0.3, -0.25) is 0 Å². The summed E-state index contributed by atoms with van der Waals surface area (Å²) in [6, 6.07) is 12.0. The van der Waals surface area contributed by atoms with Gasteiger partial charge in [-0.15, -0.1) is 0 Å². The lowest BCUT2D eigenvalue weighted by Gasteiger charge is -2.18. The van der Waals surface area contributed by atoms with Crippen molar-refractivity contribution in [2.45, 2.75) is 26.2 Å². The van der Waals surface area contributed by atoms with Crippen LogP contribution in [0.1, 0.15) is 28.7 Å². The van der Waals surface area contributed by atoms with Crippen LogP contribution in [-0.2, 0) is 12.8 Å². The van der Waals surface area contributed by atoms with E-state index < -0.39 is 0 Å². The molecule has 0 radical (unpaired) electrons. The summed E-state index contributed by atoms with van der Waals surface area (Å²) >= 11 is 0. The summed E-state index contributed by atoms with van der Waals surface area (Å²) in [6.45, 7) is 2.89. The Hall–Kier alpha value is -1.83. The number of nitrogens with one attached hydrogen (secondary N) is 1. The summed E-state index contributed by atoms with van der Waals surface area (Å²) in [5, 5.41) is 3.42. The van der Waals surface area contributed by atoms with Crippen molar-refractivity contribution in [3.05, 3.63) is 64.5 Å². The van der Waals surface area contributed by atoms with E-state index in [1.54, 1.807) is 6.07 Å². The molecule has 0 amide bonds. The van der Waals surface area contributed by atoms with E-state index >= 15 is 0 Å². The highest BCUT2D eigenvalue weighted by molar-refractivity contribution is 5.54. The third-order valence-corrected chi connectivity index (χ3v) is 3.74. The highest BCUT2D eigenvalue weighted by Crippen LogP contribution is 2.24. The van der Waals surface area contributed by atoms with Gasteiger partial charge in [0.05, 0.1) is 0 Å². The van der Waals surface area contributed by atoms with Gasteiger partial charge in [0.15, 0.2) is 0 Å². The van der Waals surface area contributed by atoms with Gasteiger partial charge < -0.3 is 5.32 Å². The maximum atomic E-state index is 13.3. The van der Waals surface area contributed by atoms with Gasteiger partial charge >= 0.3 is 0 Å². The first-order valence-electron chi connectivity index (χ1n) is 6.83. The Kier molecular flexibility index (Phi) is 3.24. The first kappa shape index (κ1) is 12.2. The maximum absolute atomic E-state index is 13.3. The first-order valence-corrected chi connectivity index (χ1v) is 6.83. The Morgan fingerprint density at radius 1 is 1.11 bits per heavy atom. The quantitative estimate of drug-likeness (QED) is 0.852. The predicted molar refractivity (Wildman–Crippen MR) is 77.2 cm³/mol. The second-order valence-electron chi connectivity index (χ2n) is 5.28. The van der Waals surface area contributed by atoms with Crippen LogP contribution in [0.15, 0.2) is 36.4 Å². The van der Waals surface area contributed by atoms with Crippen LogP contribution in [0.5, 0.6) is 0 Å². The van der Waals surface area contributed by atoms with E-state index in [1.807, 2.05) is 19.1 Å². The molecule has 0 saturated heterocycles. The predicted octanol–water partition coefficient (Wildman–Crippen LogP) is 4.08. The van der Waals surface area contributed by atoms with Crippen molar-refractivity contribution < 1.29 is 4.39 Å². The van der Waals surface area contributed by atoms with Crippen LogP contribution < -0.4 is 5.32 Å². The lowest BCUT2D eigenvalue weighted by Crippen LogP contribution is -2.11. The number of hydrogen-bond acceptors (Lipinski definition) is 1. The second-order valence-corrected chi connectivity index (χ2v) is 5.28. The minimum Gasteiger partial charge on any atom is -0.385 e. The molecule has 3 rings (SSSR count). The Bertz CT molecular complexity index is 604. The Morgan fingerprint density at radius 2 is 1.89 bits per heavy atom. The largest absolute Gasteiger partial charge is 0.385 e. The van der Waals surface area contributed by atoms with Crippen LogP contribution in [0.25, 0.3) is 0 Å². The third kappa shape index (κ3) is 2.62. The number of aryl methyl sites for hydroxylation is 2. The van der Waals surface area contributed by atoms with Crippen LogP contribution in [0.4, 0.5) is 10.1 Å². The normalized spacial score (nSPS) is 13.8. The molecule has 19 heavy (non-hydrogen) atoms. The number of halogens is 1. The lowest BCUT2D eigenvalue weighted by molar-refractivity contribution is 0.618. The molecule has 2 aromatic rings. The molecule has 0 spiro atoms.